The fraction of sp³-hybridized carbons (Fsp3) is 0.0833. The van der Waals surface area contributed by atoms with Crippen molar-refractivity contribution in [2.75, 3.05) is 5.32 Å². The van der Waals surface area contributed by atoms with Gasteiger partial charge in [0.15, 0.2) is 0 Å². The summed E-state index contributed by atoms with van der Waals surface area (Å²) in [6, 6.07) is 8.51. The molecule has 5 heteroatoms. The van der Waals surface area contributed by atoms with Crippen molar-refractivity contribution in [2.45, 2.75) is 6.42 Å². The van der Waals surface area contributed by atoms with Crippen LogP contribution in [0.3, 0.4) is 0 Å². The van der Waals surface area contributed by atoms with Gasteiger partial charge in [0.2, 0.25) is 5.91 Å². The second-order valence-corrected chi connectivity index (χ2v) is 4.98. The van der Waals surface area contributed by atoms with Crippen molar-refractivity contribution in [3.05, 3.63) is 45.6 Å². The number of halogens is 1. The molecule has 17 heavy (non-hydrogen) atoms. The maximum absolute atomic E-state index is 11.7. The van der Waals surface area contributed by atoms with E-state index in [-0.39, 0.29) is 18.1 Å². The number of hydrogen-bond donors (Lipinski definition) is 2. The number of para-hydroxylation sites is 1. The first-order chi connectivity index (χ1) is 8.16. The maximum Gasteiger partial charge on any atom is 0.229 e. The molecule has 0 spiro atoms. The summed E-state index contributed by atoms with van der Waals surface area (Å²) in [5, 5.41) is 14.0. The molecular formula is C12H10ClNO2S. The average molecular weight is 268 g/mol. The molecule has 1 aromatic heterocycles. The van der Waals surface area contributed by atoms with Crippen LogP contribution in [0.4, 0.5) is 5.69 Å². The maximum atomic E-state index is 11.7. The predicted molar refractivity (Wildman–Crippen MR) is 69.8 cm³/mol. The van der Waals surface area contributed by atoms with E-state index in [1.54, 1.807) is 35.7 Å². The predicted octanol–water partition coefficient (Wildman–Crippen LogP) is 3.29. The van der Waals surface area contributed by atoms with E-state index in [0.29, 0.717) is 15.6 Å². The molecule has 1 aromatic carbocycles. The topological polar surface area (TPSA) is 49.3 Å². The van der Waals surface area contributed by atoms with Gasteiger partial charge in [0.1, 0.15) is 10.1 Å². The van der Waals surface area contributed by atoms with Crippen LogP contribution in [0.1, 0.15) is 5.56 Å². The Labute approximate surface area is 108 Å². The van der Waals surface area contributed by atoms with Crippen LogP contribution in [0.25, 0.3) is 0 Å². The van der Waals surface area contributed by atoms with E-state index in [1.165, 1.54) is 11.3 Å². The number of rotatable bonds is 3. The van der Waals surface area contributed by atoms with Gasteiger partial charge in [0.05, 0.1) is 12.1 Å². The second kappa shape index (κ2) is 5.21. The van der Waals surface area contributed by atoms with Crippen LogP contribution in [-0.2, 0) is 11.2 Å². The normalized spacial score (nSPS) is 10.2. The molecule has 0 aliphatic carbocycles. The zero-order valence-electron chi connectivity index (χ0n) is 8.81. The van der Waals surface area contributed by atoms with Gasteiger partial charge in [-0.05, 0) is 17.5 Å². The average Bonchev–Trinajstić information content (AvgIpc) is 2.68. The molecule has 2 rings (SSSR count). The highest BCUT2D eigenvalue weighted by molar-refractivity contribution is 7.15. The lowest BCUT2D eigenvalue weighted by molar-refractivity contribution is -0.115. The summed E-state index contributed by atoms with van der Waals surface area (Å²) in [7, 11) is 0. The Kier molecular flexibility index (Phi) is 3.66. The Morgan fingerprint density at radius 1 is 1.35 bits per heavy atom. The summed E-state index contributed by atoms with van der Waals surface area (Å²) < 4.78 is 0.552. The molecule has 0 bridgehead atoms. The number of anilines is 1. The molecule has 2 N–H and O–H groups in total. The lowest BCUT2D eigenvalue weighted by Gasteiger charge is -2.05. The third-order valence-corrected chi connectivity index (χ3v) is 3.40. The van der Waals surface area contributed by atoms with E-state index in [1.807, 2.05) is 0 Å². The molecule has 0 saturated carbocycles. The van der Waals surface area contributed by atoms with Gasteiger partial charge in [-0.15, -0.1) is 11.3 Å². The van der Waals surface area contributed by atoms with Gasteiger partial charge in [0.25, 0.3) is 0 Å². The van der Waals surface area contributed by atoms with E-state index in [9.17, 15) is 9.90 Å². The Morgan fingerprint density at radius 3 is 2.76 bits per heavy atom. The molecule has 0 atom stereocenters. The summed E-state index contributed by atoms with van der Waals surface area (Å²) in [6.45, 7) is 0. The largest absolute Gasteiger partial charge is 0.508 e. The van der Waals surface area contributed by atoms with Crippen molar-refractivity contribution in [2.24, 2.45) is 0 Å². The molecule has 1 heterocycles. The SMILES string of the molecule is O=C(Cc1ccccc1O)Nc1ccsc1Cl. The van der Waals surface area contributed by atoms with E-state index in [2.05, 4.69) is 5.32 Å². The van der Waals surface area contributed by atoms with Crippen molar-refractivity contribution in [3.63, 3.8) is 0 Å². The van der Waals surface area contributed by atoms with Crippen molar-refractivity contribution in [1.29, 1.82) is 0 Å². The van der Waals surface area contributed by atoms with Crippen LogP contribution < -0.4 is 5.32 Å². The van der Waals surface area contributed by atoms with Gasteiger partial charge < -0.3 is 10.4 Å². The van der Waals surface area contributed by atoms with Crippen LogP contribution in [0.2, 0.25) is 4.34 Å². The molecule has 3 nitrogen and oxygen atoms in total. The fourth-order valence-electron chi connectivity index (χ4n) is 1.41. The molecule has 88 valence electrons. The van der Waals surface area contributed by atoms with Gasteiger partial charge in [-0.2, -0.15) is 0 Å². The van der Waals surface area contributed by atoms with Crippen molar-refractivity contribution in [3.8, 4) is 5.75 Å². The monoisotopic (exact) mass is 267 g/mol. The number of hydrogen-bond acceptors (Lipinski definition) is 3. The Morgan fingerprint density at radius 2 is 2.12 bits per heavy atom. The van der Waals surface area contributed by atoms with Gasteiger partial charge in [-0.1, -0.05) is 29.8 Å². The van der Waals surface area contributed by atoms with Gasteiger partial charge in [-0.25, -0.2) is 0 Å². The van der Waals surface area contributed by atoms with Crippen LogP contribution in [0, 0.1) is 0 Å². The van der Waals surface area contributed by atoms with E-state index >= 15 is 0 Å². The third kappa shape index (κ3) is 2.99. The molecule has 0 radical (unpaired) electrons. The molecular weight excluding hydrogens is 258 g/mol. The van der Waals surface area contributed by atoms with Crippen LogP contribution in [0.15, 0.2) is 35.7 Å². The van der Waals surface area contributed by atoms with Gasteiger partial charge >= 0.3 is 0 Å². The van der Waals surface area contributed by atoms with Gasteiger partial charge in [0, 0.05) is 5.56 Å². The van der Waals surface area contributed by atoms with Crippen LogP contribution >= 0.6 is 22.9 Å². The molecule has 1 amide bonds. The van der Waals surface area contributed by atoms with Crippen molar-refractivity contribution < 1.29 is 9.90 Å². The number of thiophene rings is 1. The minimum absolute atomic E-state index is 0.124. The minimum Gasteiger partial charge on any atom is -0.508 e. The van der Waals surface area contributed by atoms with Crippen LogP contribution in [0.5, 0.6) is 5.75 Å². The third-order valence-electron chi connectivity index (χ3n) is 2.23. The van der Waals surface area contributed by atoms with E-state index in [4.69, 9.17) is 11.6 Å². The number of amides is 1. The number of carbonyl (C=O) groups excluding carboxylic acids is 1. The second-order valence-electron chi connectivity index (χ2n) is 3.46. The quantitative estimate of drug-likeness (QED) is 0.897. The number of carbonyl (C=O) groups is 1. The zero-order valence-corrected chi connectivity index (χ0v) is 10.4. The number of benzene rings is 1. The van der Waals surface area contributed by atoms with E-state index in [0.717, 1.165) is 0 Å². The Hall–Kier alpha value is -1.52. The minimum atomic E-state index is -0.202. The summed E-state index contributed by atoms with van der Waals surface area (Å²) >= 11 is 7.23. The first kappa shape index (κ1) is 12.0. The summed E-state index contributed by atoms with van der Waals surface area (Å²) in [6.07, 6.45) is 0.124. The molecule has 0 unspecified atom stereocenters. The lowest BCUT2D eigenvalue weighted by Crippen LogP contribution is -2.14. The van der Waals surface area contributed by atoms with Gasteiger partial charge in [-0.3, -0.25) is 4.79 Å². The first-order valence-electron chi connectivity index (χ1n) is 4.96. The Bertz CT molecular complexity index is 539. The van der Waals surface area contributed by atoms with E-state index < -0.39 is 0 Å². The zero-order chi connectivity index (χ0) is 12.3. The summed E-state index contributed by atoms with van der Waals surface area (Å²) in [5.41, 5.74) is 1.20. The Balaban J connectivity index is 2.03. The molecule has 0 fully saturated rings. The summed E-state index contributed by atoms with van der Waals surface area (Å²) in [5.74, 6) is -0.0779. The fourth-order valence-corrected chi connectivity index (χ4v) is 2.24. The molecule has 0 aliphatic rings. The summed E-state index contributed by atoms with van der Waals surface area (Å²) in [4.78, 5) is 11.7. The number of phenolic OH excluding ortho intramolecular Hbond substituents is 1. The standard InChI is InChI=1S/C12H10ClNO2S/c13-12-9(5-6-17-12)14-11(16)7-8-3-1-2-4-10(8)15/h1-6,15H,7H2,(H,14,16). The first-order valence-corrected chi connectivity index (χ1v) is 6.22. The highest BCUT2D eigenvalue weighted by Crippen LogP contribution is 2.28. The highest BCUT2D eigenvalue weighted by Gasteiger charge is 2.09. The highest BCUT2D eigenvalue weighted by atomic mass is 35.5. The van der Waals surface area contributed by atoms with Crippen molar-refractivity contribution >= 4 is 34.5 Å². The number of nitrogens with one attached hydrogen (secondary N) is 1. The molecule has 0 aliphatic heterocycles. The lowest BCUT2D eigenvalue weighted by atomic mass is 10.1. The van der Waals surface area contributed by atoms with Crippen LogP contribution in [-0.4, -0.2) is 11.0 Å². The molecule has 2 aromatic rings. The smallest absolute Gasteiger partial charge is 0.229 e. The number of aromatic hydroxyl groups is 1. The molecule has 0 saturated heterocycles. The van der Waals surface area contributed by atoms with Crippen molar-refractivity contribution in [1.82, 2.24) is 0 Å². The number of phenols is 1.